The topological polar surface area (TPSA) is 133 Å². The maximum Gasteiger partial charge on any atom is 0.303 e. The molecule has 0 aliphatic heterocycles. The van der Waals surface area contributed by atoms with Gasteiger partial charge in [0.2, 0.25) is 0 Å². The lowest BCUT2D eigenvalue weighted by Gasteiger charge is -2.13. The minimum absolute atomic E-state index is 0.0126. The molecule has 0 atom stereocenters. The molecule has 0 saturated heterocycles. The van der Waals surface area contributed by atoms with Crippen molar-refractivity contribution >= 4 is 21.7 Å². The lowest BCUT2D eigenvalue weighted by Crippen LogP contribution is -2.13. The van der Waals surface area contributed by atoms with Gasteiger partial charge in [-0.05, 0) is 49.2 Å². The average molecular weight is 461 g/mol. The molecule has 0 saturated carbocycles. The van der Waals surface area contributed by atoms with Crippen LogP contribution in [0.1, 0.15) is 18.4 Å². The number of nitrogens with zero attached hydrogens (tertiary/aromatic N) is 3. The molecule has 0 radical (unpaired) electrons. The van der Waals surface area contributed by atoms with Gasteiger partial charge in [-0.25, -0.2) is 18.1 Å². The van der Waals surface area contributed by atoms with Crippen LogP contribution < -0.4 is 14.2 Å². The number of ether oxygens (including phenoxy) is 2. The fourth-order valence-corrected chi connectivity index (χ4v) is 3.96. The Morgan fingerprint density at radius 1 is 1.16 bits per heavy atom. The van der Waals surface area contributed by atoms with Crippen LogP contribution in [0.15, 0.2) is 60.0 Å². The standard InChI is InChI=1S/C21H24N4O6S/c1-16-12-19(7-8-20(16)31-10-3-6-21(26)27)32(28,29)24-17-4-2-5-18(13-17)30-11-9-25-15-22-14-23-25/h2,4-5,7-8,12-15,24H,3,6,9-11H2,1H3,(H,26,27). The second-order valence-corrected chi connectivity index (χ2v) is 8.60. The first-order chi connectivity index (χ1) is 15.3. The quantitative estimate of drug-likeness (QED) is 0.394. The normalized spacial score (nSPS) is 11.2. The molecule has 1 heterocycles. The van der Waals surface area contributed by atoms with Crippen LogP contribution in [0.5, 0.6) is 11.5 Å². The van der Waals surface area contributed by atoms with Gasteiger partial charge in [0, 0.05) is 12.5 Å². The smallest absolute Gasteiger partial charge is 0.303 e. The number of aromatic nitrogens is 3. The van der Waals surface area contributed by atoms with Crippen LogP contribution in [0.3, 0.4) is 0 Å². The van der Waals surface area contributed by atoms with Crippen molar-refractivity contribution in [2.45, 2.75) is 31.2 Å². The number of rotatable bonds is 12. The Morgan fingerprint density at radius 2 is 2.00 bits per heavy atom. The van der Waals surface area contributed by atoms with Gasteiger partial charge in [0.15, 0.2) is 0 Å². The number of carboxylic acid groups (broad SMARTS) is 1. The molecule has 0 aliphatic carbocycles. The Bertz CT molecular complexity index is 1150. The monoisotopic (exact) mass is 460 g/mol. The Kier molecular flexibility index (Phi) is 7.66. The molecule has 32 heavy (non-hydrogen) atoms. The highest BCUT2D eigenvalue weighted by atomic mass is 32.2. The summed E-state index contributed by atoms with van der Waals surface area (Å²) in [5.74, 6) is 0.145. The number of nitrogens with one attached hydrogen (secondary N) is 1. The molecule has 3 aromatic rings. The largest absolute Gasteiger partial charge is 0.493 e. The third kappa shape index (κ3) is 6.71. The van der Waals surface area contributed by atoms with Gasteiger partial charge in [0.05, 0.1) is 23.7 Å². The highest BCUT2D eigenvalue weighted by Gasteiger charge is 2.16. The van der Waals surface area contributed by atoms with Crippen LogP contribution in [0.25, 0.3) is 0 Å². The molecule has 3 rings (SSSR count). The van der Waals surface area contributed by atoms with Gasteiger partial charge in [0.1, 0.15) is 30.8 Å². The molecule has 0 bridgehead atoms. The maximum absolute atomic E-state index is 12.8. The van der Waals surface area contributed by atoms with Crippen molar-refractivity contribution < 1.29 is 27.8 Å². The van der Waals surface area contributed by atoms with Crippen molar-refractivity contribution in [3.8, 4) is 11.5 Å². The lowest BCUT2D eigenvalue weighted by atomic mass is 10.2. The Hall–Kier alpha value is -3.60. The molecule has 0 unspecified atom stereocenters. The number of aliphatic carboxylic acids is 1. The predicted octanol–water partition coefficient (Wildman–Crippen LogP) is 2.71. The zero-order valence-corrected chi connectivity index (χ0v) is 18.3. The van der Waals surface area contributed by atoms with Crippen molar-refractivity contribution in [1.29, 1.82) is 0 Å². The van der Waals surface area contributed by atoms with Gasteiger partial charge in [-0.15, -0.1) is 0 Å². The summed E-state index contributed by atoms with van der Waals surface area (Å²) >= 11 is 0. The predicted molar refractivity (Wildman–Crippen MR) is 116 cm³/mol. The Labute approximate surface area is 185 Å². The molecule has 11 heteroatoms. The molecule has 170 valence electrons. The summed E-state index contributed by atoms with van der Waals surface area (Å²) in [5.41, 5.74) is 1.00. The number of carbonyl (C=O) groups is 1. The molecule has 2 N–H and O–H groups in total. The van der Waals surface area contributed by atoms with Crippen LogP contribution in [0.2, 0.25) is 0 Å². The Morgan fingerprint density at radius 3 is 2.72 bits per heavy atom. The van der Waals surface area contributed by atoms with Gasteiger partial charge >= 0.3 is 5.97 Å². The van der Waals surface area contributed by atoms with Gasteiger partial charge in [-0.2, -0.15) is 5.10 Å². The average Bonchev–Trinajstić information content (AvgIpc) is 3.25. The molecule has 0 fully saturated rings. The number of hydrogen-bond acceptors (Lipinski definition) is 7. The zero-order chi connectivity index (χ0) is 23.0. The molecule has 10 nitrogen and oxygen atoms in total. The van der Waals surface area contributed by atoms with Gasteiger partial charge in [-0.3, -0.25) is 9.52 Å². The van der Waals surface area contributed by atoms with Crippen LogP contribution in [-0.2, 0) is 21.4 Å². The van der Waals surface area contributed by atoms with Crippen LogP contribution in [0.4, 0.5) is 5.69 Å². The lowest BCUT2D eigenvalue weighted by molar-refractivity contribution is -0.137. The minimum atomic E-state index is -3.82. The first kappa shape index (κ1) is 23.1. The van der Waals surface area contributed by atoms with E-state index in [1.165, 1.54) is 18.5 Å². The summed E-state index contributed by atoms with van der Waals surface area (Å²) < 4.78 is 41.0. The van der Waals surface area contributed by atoms with Crippen molar-refractivity contribution in [1.82, 2.24) is 14.8 Å². The molecule has 0 amide bonds. The third-order valence-electron chi connectivity index (χ3n) is 4.39. The van der Waals surface area contributed by atoms with Crippen molar-refractivity contribution in [2.75, 3.05) is 17.9 Å². The van der Waals surface area contributed by atoms with Crippen LogP contribution >= 0.6 is 0 Å². The van der Waals surface area contributed by atoms with E-state index in [2.05, 4.69) is 14.8 Å². The highest BCUT2D eigenvalue weighted by molar-refractivity contribution is 7.92. The van der Waals surface area contributed by atoms with E-state index < -0.39 is 16.0 Å². The highest BCUT2D eigenvalue weighted by Crippen LogP contribution is 2.25. The molecule has 0 aliphatic rings. The number of aryl methyl sites for hydroxylation is 1. The molecule has 1 aromatic heterocycles. The summed E-state index contributed by atoms with van der Waals surface area (Å²) in [6.45, 7) is 2.84. The third-order valence-corrected chi connectivity index (χ3v) is 5.77. The summed E-state index contributed by atoms with van der Waals surface area (Å²) in [6, 6.07) is 11.2. The van der Waals surface area contributed by atoms with E-state index in [1.807, 2.05) is 0 Å². The molecular weight excluding hydrogens is 436 g/mol. The first-order valence-electron chi connectivity index (χ1n) is 9.87. The summed E-state index contributed by atoms with van der Waals surface area (Å²) in [4.78, 5) is 14.5. The van der Waals surface area contributed by atoms with E-state index >= 15 is 0 Å². The second kappa shape index (κ2) is 10.6. The fourth-order valence-electron chi connectivity index (χ4n) is 2.83. The van der Waals surface area contributed by atoms with Crippen molar-refractivity contribution in [3.05, 3.63) is 60.7 Å². The summed E-state index contributed by atoms with van der Waals surface area (Å²) in [5, 5.41) is 12.7. The number of sulfonamides is 1. The number of benzene rings is 2. The number of carboxylic acids is 1. The molecular formula is C21H24N4O6S. The van der Waals surface area contributed by atoms with E-state index in [1.54, 1.807) is 48.3 Å². The van der Waals surface area contributed by atoms with E-state index in [-0.39, 0.29) is 17.9 Å². The van der Waals surface area contributed by atoms with Crippen molar-refractivity contribution in [3.63, 3.8) is 0 Å². The van der Waals surface area contributed by atoms with E-state index in [4.69, 9.17) is 14.6 Å². The number of hydrogen-bond donors (Lipinski definition) is 2. The van der Waals surface area contributed by atoms with Gasteiger partial charge in [-0.1, -0.05) is 6.07 Å². The summed E-state index contributed by atoms with van der Waals surface area (Å²) in [7, 11) is -3.82. The molecule has 2 aromatic carbocycles. The van der Waals surface area contributed by atoms with Crippen LogP contribution in [0, 0.1) is 6.92 Å². The van der Waals surface area contributed by atoms with Crippen molar-refractivity contribution in [2.24, 2.45) is 0 Å². The SMILES string of the molecule is Cc1cc(S(=O)(=O)Nc2cccc(OCCn3cncn3)c2)ccc1OCCCC(=O)O. The number of anilines is 1. The van der Waals surface area contributed by atoms with E-state index in [0.717, 1.165) is 0 Å². The van der Waals surface area contributed by atoms with Gasteiger partial charge in [0.25, 0.3) is 10.0 Å². The second-order valence-electron chi connectivity index (χ2n) is 6.91. The summed E-state index contributed by atoms with van der Waals surface area (Å²) in [6.07, 6.45) is 3.41. The zero-order valence-electron chi connectivity index (χ0n) is 17.5. The maximum atomic E-state index is 12.8. The Balaban J connectivity index is 1.60. The van der Waals surface area contributed by atoms with Crippen LogP contribution in [-0.4, -0.2) is 47.5 Å². The van der Waals surface area contributed by atoms with E-state index in [0.29, 0.717) is 42.3 Å². The minimum Gasteiger partial charge on any atom is -0.493 e. The first-order valence-corrected chi connectivity index (χ1v) is 11.4. The fraction of sp³-hybridized carbons (Fsp3) is 0.286. The van der Waals surface area contributed by atoms with Gasteiger partial charge < -0.3 is 14.6 Å². The molecule has 0 spiro atoms. The van der Waals surface area contributed by atoms with E-state index in [9.17, 15) is 13.2 Å².